The zero-order valence-corrected chi connectivity index (χ0v) is 9.93. The quantitative estimate of drug-likeness (QED) is 0.674. The molecule has 1 aliphatic rings. The van der Waals surface area contributed by atoms with Crippen LogP contribution in [-0.4, -0.2) is 32.8 Å². The van der Waals surface area contributed by atoms with Crippen LogP contribution in [0.3, 0.4) is 0 Å². The van der Waals surface area contributed by atoms with Crippen molar-refractivity contribution < 1.29 is 4.79 Å². The van der Waals surface area contributed by atoms with Crippen LogP contribution in [0.4, 0.5) is 0 Å². The van der Waals surface area contributed by atoms with Gasteiger partial charge in [-0.2, -0.15) is 0 Å². The Balaban J connectivity index is 2.79. The summed E-state index contributed by atoms with van der Waals surface area (Å²) in [6, 6.07) is 0. The first-order valence-electron chi connectivity index (χ1n) is 4.48. The summed E-state index contributed by atoms with van der Waals surface area (Å²) in [6.45, 7) is 6.71. The summed E-state index contributed by atoms with van der Waals surface area (Å²) in [5.41, 5.74) is -0.407. The van der Waals surface area contributed by atoms with Crippen molar-refractivity contribution in [1.82, 2.24) is 4.90 Å². The molecule has 0 saturated carbocycles. The lowest BCUT2D eigenvalue weighted by Crippen LogP contribution is -2.49. The van der Waals surface area contributed by atoms with Gasteiger partial charge in [0, 0.05) is 18.7 Å². The molecule has 1 aliphatic heterocycles. The van der Waals surface area contributed by atoms with Crippen LogP contribution >= 0.6 is 24.0 Å². The maximum absolute atomic E-state index is 11.7. The third-order valence-corrected chi connectivity index (χ3v) is 3.87. The summed E-state index contributed by atoms with van der Waals surface area (Å²) in [5.74, 6) is 1.27. The number of hydrogen-bond acceptors (Lipinski definition) is 3. The van der Waals surface area contributed by atoms with Crippen molar-refractivity contribution in [2.45, 2.75) is 32.7 Å². The van der Waals surface area contributed by atoms with E-state index in [1.54, 1.807) is 11.8 Å². The van der Waals surface area contributed by atoms with Gasteiger partial charge in [-0.15, -0.1) is 0 Å². The third kappa shape index (κ3) is 2.05. The van der Waals surface area contributed by atoms with Crippen molar-refractivity contribution in [3.63, 3.8) is 0 Å². The minimum Gasteiger partial charge on any atom is -0.345 e. The number of Topliss-reactive ketones (excluding diaryl/α,β-unsaturated/α-hetero) is 1. The van der Waals surface area contributed by atoms with Crippen LogP contribution < -0.4 is 0 Å². The Hall–Kier alpha value is -0.0900. The van der Waals surface area contributed by atoms with E-state index in [1.165, 1.54) is 0 Å². The van der Waals surface area contributed by atoms with E-state index in [0.717, 1.165) is 16.6 Å². The van der Waals surface area contributed by atoms with Crippen LogP contribution in [-0.2, 0) is 4.79 Å². The molecule has 1 heterocycles. The van der Waals surface area contributed by atoms with E-state index in [0.29, 0.717) is 6.42 Å². The molecule has 0 aliphatic carbocycles. The molecule has 0 amide bonds. The number of ketones is 1. The highest BCUT2D eigenvalue weighted by Gasteiger charge is 2.36. The van der Waals surface area contributed by atoms with E-state index in [1.807, 2.05) is 25.7 Å². The number of thioether (sulfide) groups is 1. The highest BCUT2D eigenvalue weighted by Crippen LogP contribution is 2.27. The van der Waals surface area contributed by atoms with Gasteiger partial charge in [0.05, 0.1) is 5.54 Å². The van der Waals surface area contributed by atoms with Gasteiger partial charge in [0.25, 0.3) is 0 Å². The molecule has 74 valence electrons. The number of hydrogen-bond donors (Lipinski definition) is 0. The first-order chi connectivity index (χ1) is 6.00. The van der Waals surface area contributed by atoms with Crippen molar-refractivity contribution in [3.8, 4) is 0 Å². The van der Waals surface area contributed by atoms with Gasteiger partial charge in [-0.1, -0.05) is 30.9 Å². The molecule has 2 nitrogen and oxygen atoms in total. The fourth-order valence-electron chi connectivity index (χ4n) is 1.48. The molecule has 0 unspecified atom stereocenters. The standard InChI is InChI=1S/C9H15NOS2/c1-4-7(11)9(2,3)10-5-6-13-8(10)12/h4-6H2,1-3H3. The summed E-state index contributed by atoms with van der Waals surface area (Å²) >= 11 is 6.86. The van der Waals surface area contributed by atoms with E-state index in [2.05, 4.69) is 0 Å². The molecule has 1 fully saturated rings. The molecule has 0 aromatic carbocycles. The Labute approximate surface area is 89.1 Å². The molecule has 1 saturated heterocycles. The summed E-state index contributed by atoms with van der Waals surface area (Å²) in [4.78, 5) is 13.7. The van der Waals surface area contributed by atoms with Gasteiger partial charge in [-0.3, -0.25) is 4.79 Å². The fourth-order valence-corrected chi connectivity index (χ4v) is 2.98. The maximum atomic E-state index is 11.7. The highest BCUT2D eigenvalue weighted by molar-refractivity contribution is 8.23. The van der Waals surface area contributed by atoms with Crippen LogP contribution in [0.25, 0.3) is 0 Å². The number of thiocarbonyl (C=S) groups is 1. The van der Waals surface area contributed by atoms with E-state index in [9.17, 15) is 4.79 Å². The highest BCUT2D eigenvalue weighted by atomic mass is 32.2. The molecule has 0 aromatic heterocycles. The third-order valence-electron chi connectivity index (χ3n) is 2.44. The Morgan fingerprint density at radius 3 is 2.69 bits per heavy atom. The number of carbonyl (C=O) groups excluding carboxylic acids is 1. The molecular formula is C9H15NOS2. The largest absolute Gasteiger partial charge is 0.345 e. The van der Waals surface area contributed by atoms with Gasteiger partial charge in [-0.25, -0.2) is 0 Å². The van der Waals surface area contributed by atoms with Crippen molar-refractivity contribution in [3.05, 3.63) is 0 Å². The number of rotatable bonds is 3. The number of nitrogens with zero attached hydrogens (tertiary/aromatic N) is 1. The van der Waals surface area contributed by atoms with Crippen LogP contribution in [0.15, 0.2) is 0 Å². The lowest BCUT2D eigenvalue weighted by atomic mass is 9.95. The second-order valence-corrected chi connectivity index (χ2v) is 5.33. The Kier molecular flexibility index (Phi) is 3.35. The Bertz CT molecular complexity index is 238. The predicted octanol–water partition coefficient (Wildman–Crippen LogP) is 2.08. The first-order valence-corrected chi connectivity index (χ1v) is 5.87. The van der Waals surface area contributed by atoms with E-state index >= 15 is 0 Å². The second kappa shape index (κ2) is 3.96. The monoisotopic (exact) mass is 217 g/mol. The Morgan fingerprint density at radius 1 is 1.69 bits per heavy atom. The number of carbonyl (C=O) groups is 1. The normalized spacial score (nSPS) is 18.1. The first kappa shape index (κ1) is 11.0. The van der Waals surface area contributed by atoms with Gasteiger partial charge in [0.2, 0.25) is 0 Å². The predicted molar refractivity (Wildman–Crippen MR) is 61.1 cm³/mol. The molecule has 4 heteroatoms. The van der Waals surface area contributed by atoms with Gasteiger partial charge in [-0.05, 0) is 13.8 Å². The zero-order valence-electron chi connectivity index (χ0n) is 8.29. The summed E-state index contributed by atoms with van der Waals surface area (Å²) < 4.78 is 0.867. The van der Waals surface area contributed by atoms with Crippen molar-refractivity contribution in [2.75, 3.05) is 12.3 Å². The summed E-state index contributed by atoms with van der Waals surface area (Å²) in [6.07, 6.45) is 0.580. The van der Waals surface area contributed by atoms with Crippen molar-refractivity contribution >= 4 is 34.1 Å². The molecule has 1 rings (SSSR count). The average Bonchev–Trinajstić information content (AvgIpc) is 2.50. The molecule has 0 atom stereocenters. The van der Waals surface area contributed by atoms with E-state index in [4.69, 9.17) is 12.2 Å². The summed E-state index contributed by atoms with van der Waals surface area (Å²) in [7, 11) is 0. The SMILES string of the molecule is CCC(=O)C(C)(C)N1CCSC1=S. The van der Waals surface area contributed by atoms with Crippen molar-refractivity contribution in [1.29, 1.82) is 0 Å². The van der Waals surface area contributed by atoms with E-state index in [-0.39, 0.29) is 5.78 Å². The molecule has 13 heavy (non-hydrogen) atoms. The molecular weight excluding hydrogens is 202 g/mol. The van der Waals surface area contributed by atoms with Gasteiger partial charge >= 0.3 is 0 Å². The molecule has 0 bridgehead atoms. The maximum Gasteiger partial charge on any atom is 0.157 e. The minimum atomic E-state index is -0.407. The lowest BCUT2D eigenvalue weighted by molar-refractivity contribution is -0.126. The molecule has 0 aromatic rings. The lowest BCUT2D eigenvalue weighted by Gasteiger charge is -2.34. The molecule has 0 radical (unpaired) electrons. The molecule has 0 spiro atoms. The van der Waals surface area contributed by atoms with Gasteiger partial charge in [0.1, 0.15) is 4.32 Å². The fraction of sp³-hybridized carbons (Fsp3) is 0.778. The average molecular weight is 217 g/mol. The van der Waals surface area contributed by atoms with Crippen molar-refractivity contribution in [2.24, 2.45) is 0 Å². The van der Waals surface area contributed by atoms with Gasteiger partial charge in [0.15, 0.2) is 5.78 Å². The minimum absolute atomic E-state index is 0.261. The van der Waals surface area contributed by atoms with Gasteiger partial charge < -0.3 is 4.90 Å². The summed E-state index contributed by atoms with van der Waals surface area (Å²) in [5, 5.41) is 0. The topological polar surface area (TPSA) is 20.3 Å². The van der Waals surface area contributed by atoms with Crippen LogP contribution in [0.1, 0.15) is 27.2 Å². The second-order valence-electron chi connectivity index (χ2n) is 3.60. The van der Waals surface area contributed by atoms with Crippen LogP contribution in [0.5, 0.6) is 0 Å². The van der Waals surface area contributed by atoms with Crippen LogP contribution in [0, 0.1) is 0 Å². The van der Waals surface area contributed by atoms with E-state index < -0.39 is 5.54 Å². The smallest absolute Gasteiger partial charge is 0.157 e. The van der Waals surface area contributed by atoms with Crippen LogP contribution in [0.2, 0.25) is 0 Å². The zero-order chi connectivity index (χ0) is 10.1. The Morgan fingerprint density at radius 2 is 2.31 bits per heavy atom. The molecule has 0 N–H and O–H groups in total.